The van der Waals surface area contributed by atoms with E-state index in [1.165, 1.54) is 24.3 Å². The molecule has 1 aliphatic rings. The minimum atomic E-state index is -1.03. The van der Waals surface area contributed by atoms with Crippen molar-refractivity contribution in [1.82, 2.24) is 10.6 Å². The van der Waals surface area contributed by atoms with Crippen molar-refractivity contribution in [2.45, 2.75) is 65.1 Å². The number of phenolic OH excluding ortho intramolecular Hbond substituents is 1. The number of esters is 2. The van der Waals surface area contributed by atoms with E-state index in [0.717, 1.165) is 0 Å². The largest absolute Gasteiger partial charge is 0.508 e. The summed E-state index contributed by atoms with van der Waals surface area (Å²) in [4.78, 5) is 50.6. The van der Waals surface area contributed by atoms with Crippen LogP contribution in [-0.4, -0.2) is 53.2 Å². The topological polar surface area (TPSA) is 131 Å². The lowest BCUT2D eigenvalue weighted by Crippen LogP contribution is -2.54. The summed E-state index contributed by atoms with van der Waals surface area (Å²) < 4.78 is 10.8. The molecule has 0 spiro atoms. The third-order valence-electron chi connectivity index (χ3n) is 5.03. The number of rotatable bonds is 5. The van der Waals surface area contributed by atoms with E-state index in [9.17, 15) is 24.3 Å². The SMILES string of the molecule is CC(C)[C@@H]1NC(=O)/C=C/[C@@H](CC(=O)OC(C)(C)C)COC(=O)[C@H](Cc2ccc(O)cc2)NC1=O. The molecule has 34 heavy (non-hydrogen) atoms. The van der Waals surface area contributed by atoms with Gasteiger partial charge >= 0.3 is 11.9 Å². The maximum absolute atomic E-state index is 12.9. The average Bonchev–Trinajstić information content (AvgIpc) is 2.72. The Morgan fingerprint density at radius 3 is 2.38 bits per heavy atom. The number of amides is 2. The van der Waals surface area contributed by atoms with E-state index in [2.05, 4.69) is 10.6 Å². The fourth-order valence-corrected chi connectivity index (χ4v) is 3.35. The molecule has 3 atom stereocenters. The number of carbonyl (C=O) groups excluding carboxylic acids is 4. The molecule has 0 bridgehead atoms. The summed E-state index contributed by atoms with van der Waals surface area (Å²) in [6.07, 6.45) is 2.76. The number of hydrogen-bond acceptors (Lipinski definition) is 7. The Morgan fingerprint density at radius 2 is 1.79 bits per heavy atom. The van der Waals surface area contributed by atoms with Crippen LogP contribution in [0.15, 0.2) is 36.4 Å². The van der Waals surface area contributed by atoms with Crippen LogP contribution in [-0.2, 0) is 35.1 Å². The third-order valence-corrected chi connectivity index (χ3v) is 5.03. The van der Waals surface area contributed by atoms with Crippen LogP contribution in [0.2, 0.25) is 0 Å². The molecule has 0 saturated carbocycles. The molecule has 3 N–H and O–H groups in total. The molecule has 0 radical (unpaired) electrons. The van der Waals surface area contributed by atoms with Crippen LogP contribution in [0.1, 0.15) is 46.6 Å². The summed E-state index contributed by atoms with van der Waals surface area (Å²) in [5.41, 5.74) is 0.0204. The molecular weight excluding hydrogens is 440 g/mol. The molecule has 9 heteroatoms. The van der Waals surface area contributed by atoms with Gasteiger partial charge in [-0.1, -0.05) is 32.1 Å². The van der Waals surface area contributed by atoms with Crippen molar-refractivity contribution in [3.05, 3.63) is 42.0 Å². The van der Waals surface area contributed by atoms with Crippen molar-refractivity contribution in [1.29, 1.82) is 0 Å². The van der Waals surface area contributed by atoms with E-state index in [1.54, 1.807) is 46.8 Å². The standard InChI is InChI=1S/C25H34N2O7/c1-15(2)22-23(31)26-19(12-16-6-9-18(28)10-7-16)24(32)33-14-17(8-11-20(29)27-22)13-21(30)34-25(3,4)5/h6-11,15,17,19,22,28H,12-14H2,1-5H3,(H,26,31)(H,27,29)/b11-8+/t17-,19-,22-/m0/s1. The average molecular weight is 475 g/mol. The molecule has 0 saturated heterocycles. The molecule has 0 aromatic heterocycles. The van der Waals surface area contributed by atoms with Crippen LogP contribution in [0.5, 0.6) is 5.75 Å². The first kappa shape index (κ1) is 26.9. The maximum atomic E-state index is 12.9. The van der Waals surface area contributed by atoms with E-state index < -0.39 is 47.4 Å². The first-order valence-corrected chi connectivity index (χ1v) is 11.3. The van der Waals surface area contributed by atoms with E-state index in [0.29, 0.717) is 5.56 Å². The summed E-state index contributed by atoms with van der Waals surface area (Å²) in [6, 6.07) is 4.34. The molecule has 9 nitrogen and oxygen atoms in total. The number of hydrogen-bond donors (Lipinski definition) is 3. The molecule has 0 aliphatic carbocycles. The van der Waals surface area contributed by atoms with Gasteiger partial charge in [-0.25, -0.2) is 4.79 Å². The Balaban J connectivity index is 2.28. The quantitative estimate of drug-likeness (QED) is 0.557. The fourth-order valence-electron chi connectivity index (χ4n) is 3.35. The van der Waals surface area contributed by atoms with E-state index in [-0.39, 0.29) is 31.1 Å². The van der Waals surface area contributed by atoms with Gasteiger partial charge in [0.15, 0.2) is 0 Å². The Bertz CT molecular complexity index is 916. The van der Waals surface area contributed by atoms with Crippen molar-refractivity contribution in [2.24, 2.45) is 11.8 Å². The van der Waals surface area contributed by atoms with Gasteiger partial charge in [-0.2, -0.15) is 0 Å². The number of ether oxygens (including phenoxy) is 2. The third kappa shape index (κ3) is 8.88. The van der Waals surface area contributed by atoms with Crippen molar-refractivity contribution in [3.63, 3.8) is 0 Å². The van der Waals surface area contributed by atoms with E-state index in [1.807, 2.05) is 0 Å². The zero-order valence-electron chi connectivity index (χ0n) is 20.3. The summed E-state index contributed by atoms with van der Waals surface area (Å²) in [6.45, 7) is 8.63. The van der Waals surface area contributed by atoms with Gasteiger partial charge in [0.25, 0.3) is 0 Å². The van der Waals surface area contributed by atoms with E-state index in [4.69, 9.17) is 9.47 Å². The van der Waals surface area contributed by atoms with Crippen molar-refractivity contribution < 1.29 is 33.8 Å². The predicted molar refractivity (Wildman–Crippen MR) is 125 cm³/mol. The van der Waals surface area contributed by atoms with Crippen LogP contribution >= 0.6 is 0 Å². The molecule has 1 aromatic rings. The molecule has 1 aromatic carbocycles. The maximum Gasteiger partial charge on any atom is 0.329 e. The Labute approximate surface area is 199 Å². The zero-order valence-corrected chi connectivity index (χ0v) is 20.3. The number of aromatic hydroxyl groups is 1. The van der Waals surface area contributed by atoms with Gasteiger partial charge in [-0.3, -0.25) is 14.4 Å². The number of carbonyl (C=O) groups is 4. The monoisotopic (exact) mass is 474 g/mol. The molecule has 2 amide bonds. The van der Waals surface area contributed by atoms with Crippen LogP contribution in [0.25, 0.3) is 0 Å². The smallest absolute Gasteiger partial charge is 0.329 e. The summed E-state index contributed by atoms with van der Waals surface area (Å²) in [5.74, 6) is -2.92. The molecule has 0 unspecified atom stereocenters. The number of nitrogens with one attached hydrogen (secondary N) is 2. The second-order valence-electron chi connectivity index (χ2n) is 9.70. The van der Waals surface area contributed by atoms with Crippen molar-refractivity contribution in [2.75, 3.05) is 6.61 Å². The second-order valence-corrected chi connectivity index (χ2v) is 9.70. The van der Waals surface area contributed by atoms with E-state index >= 15 is 0 Å². The second kappa shape index (κ2) is 11.7. The molecular formula is C25H34N2O7. The van der Waals surface area contributed by atoms with Crippen molar-refractivity contribution in [3.8, 4) is 5.75 Å². The van der Waals surface area contributed by atoms with Crippen LogP contribution in [0.4, 0.5) is 0 Å². The number of cyclic esters (lactones) is 1. The van der Waals surface area contributed by atoms with Gasteiger partial charge in [-0.05, 0) is 50.5 Å². The number of phenols is 1. The van der Waals surface area contributed by atoms with Gasteiger partial charge in [0.1, 0.15) is 23.4 Å². The summed E-state index contributed by atoms with van der Waals surface area (Å²) in [7, 11) is 0. The molecule has 1 aliphatic heterocycles. The number of benzene rings is 1. The lowest BCUT2D eigenvalue weighted by molar-refractivity contribution is -0.158. The Kier molecular flexibility index (Phi) is 9.23. The Hall–Kier alpha value is -3.36. The normalized spacial score (nSPS) is 23.1. The van der Waals surface area contributed by atoms with Crippen molar-refractivity contribution >= 4 is 23.8 Å². The van der Waals surface area contributed by atoms with Crippen LogP contribution in [0, 0.1) is 11.8 Å². The van der Waals surface area contributed by atoms with Gasteiger partial charge in [0.05, 0.1) is 13.0 Å². The first-order chi connectivity index (χ1) is 15.8. The molecule has 2 rings (SSSR count). The fraction of sp³-hybridized carbons (Fsp3) is 0.520. The van der Waals surface area contributed by atoms with Crippen LogP contribution in [0.3, 0.4) is 0 Å². The van der Waals surface area contributed by atoms with Gasteiger partial charge in [0, 0.05) is 12.3 Å². The highest BCUT2D eigenvalue weighted by Crippen LogP contribution is 2.16. The lowest BCUT2D eigenvalue weighted by atomic mass is 10.0. The minimum Gasteiger partial charge on any atom is -0.508 e. The Morgan fingerprint density at radius 1 is 1.15 bits per heavy atom. The van der Waals surface area contributed by atoms with Gasteiger partial charge in [0.2, 0.25) is 11.8 Å². The predicted octanol–water partition coefficient (Wildman–Crippen LogP) is 2.02. The summed E-state index contributed by atoms with van der Waals surface area (Å²) in [5, 5.41) is 14.9. The van der Waals surface area contributed by atoms with Gasteiger partial charge < -0.3 is 25.2 Å². The molecule has 186 valence electrons. The lowest BCUT2D eigenvalue weighted by Gasteiger charge is -2.26. The highest BCUT2D eigenvalue weighted by molar-refractivity contribution is 5.94. The zero-order chi connectivity index (χ0) is 25.5. The summed E-state index contributed by atoms with van der Waals surface area (Å²) >= 11 is 0. The minimum absolute atomic E-state index is 0.0772. The first-order valence-electron chi connectivity index (χ1n) is 11.3. The molecule has 1 heterocycles. The highest BCUT2D eigenvalue weighted by Gasteiger charge is 2.31. The highest BCUT2D eigenvalue weighted by atomic mass is 16.6. The molecule has 0 fully saturated rings. The van der Waals surface area contributed by atoms with Crippen LogP contribution < -0.4 is 10.6 Å². The van der Waals surface area contributed by atoms with Gasteiger partial charge in [-0.15, -0.1) is 0 Å².